The molecule has 0 bridgehead atoms. The predicted octanol–water partition coefficient (Wildman–Crippen LogP) is 2.54. The van der Waals surface area contributed by atoms with Crippen molar-refractivity contribution in [2.24, 2.45) is 5.73 Å². The van der Waals surface area contributed by atoms with Crippen LogP contribution < -0.4 is 5.73 Å². The molecular weight excluding hydrogens is 280 g/mol. The lowest BCUT2D eigenvalue weighted by atomic mass is 10.1. The molecule has 122 valence electrons. The van der Waals surface area contributed by atoms with Crippen molar-refractivity contribution < 1.29 is 14.3 Å². The van der Waals surface area contributed by atoms with Crippen LogP contribution in [0.5, 0.6) is 0 Å². The fraction of sp³-hybridized carbons (Fsp3) is 0.588. The summed E-state index contributed by atoms with van der Waals surface area (Å²) in [5.41, 5.74) is 6.54. The van der Waals surface area contributed by atoms with E-state index in [0.717, 1.165) is 12.0 Å². The molecule has 0 aliphatic carbocycles. The lowest BCUT2D eigenvalue weighted by Gasteiger charge is -2.25. The lowest BCUT2D eigenvalue weighted by molar-refractivity contribution is -0.0539. The van der Waals surface area contributed by atoms with Gasteiger partial charge in [0.05, 0.1) is 18.2 Å². The van der Waals surface area contributed by atoms with Crippen molar-refractivity contribution in [3.63, 3.8) is 0 Å². The summed E-state index contributed by atoms with van der Waals surface area (Å²) in [6.45, 7) is 7.28. The second kappa shape index (κ2) is 7.11. The van der Waals surface area contributed by atoms with Crippen molar-refractivity contribution in [3.05, 3.63) is 35.9 Å². The summed E-state index contributed by atoms with van der Waals surface area (Å²) in [5, 5.41) is 0. The van der Waals surface area contributed by atoms with Gasteiger partial charge in [0, 0.05) is 12.6 Å². The van der Waals surface area contributed by atoms with Crippen LogP contribution in [0.3, 0.4) is 0 Å². The predicted molar refractivity (Wildman–Crippen MR) is 85.4 cm³/mol. The van der Waals surface area contributed by atoms with Crippen LogP contribution in [0.4, 0.5) is 4.79 Å². The maximum Gasteiger partial charge on any atom is 0.410 e. The minimum absolute atomic E-state index is 0.0119. The second-order valence-electron chi connectivity index (χ2n) is 6.67. The smallest absolute Gasteiger partial charge is 0.410 e. The van der Waals surface area contributed by atoms with Gasteiger partial charge in [0.15, 0.2) is 0 Å². The number of carbonyl (C=O) groups excluding carboxylic acids is 1. The van der Waals surface area contributed by atoms with E-state index in [1.54, 1.807) is 4.90 Å². The van der Waals surface area contributed by atoms with Gasteiger partial charge in [-0.15, -0.1) is 0 Å². The summed E-state index contributed by atoms with van der Waals surface area (Å²) in [5.74, 6) is 0. The van der Waals surface area contributed by atoms with Crippen LogP contribution in [0.25, 0.3) is 0 Å². The Hall–Kier alpha value is -1.59. The zero-order chi connectivity index (χ0) is 16.2. The van der Waals surface area contributed by atoms with Gasteiger partial charge in [-0.25, -0.2) is 4.79 Å². The summed E-state index contributed by atoms with van der Waals surface area (Å²) < 4.78 is 11.4. The molecule has 1 amide bonds. The molecule has 1 aromatic rings. The Balaban J connectivity index is 1.90. The molecule has 1 saturated heterocycles. The Morgan fingerprint density at radius 1 is 1.32 bits per heavy atom. The zero-order valence-electron chi connectivity index (χ0n) is 13.6. The average Bonchev–Trinajstić information content (AvgIpc) is 2.86. The molecule has 1 heterocycles. The summed E-state index contributed by atoms with van der Waals surface area (Å²) in [7, 11) is 0. The number of hydrogen-bond donors (Lipinski definition) is 1. The number of likely N-dealkylation sites (tertiary alicyclic amines) is 1. The SMILES string of the molecule is CC(C)(C)OC1CC(CN)N(C(=O)OCc2ccccc2)C1. The Morgan fingerprint density at radius 2 is 2.00 bits per heavy atom. The van der Waals surface area contributed by atoms with E-state index in [2.05, 4.69) is 0 Å². The maximum atomic E-state index is 12.3. The average molecular weight is 306 g/mol. The molecule has 0 spiro atoms. The third-order valence-electron chi connectivity index (χ3n) is 3.61. The molecule has 2 rings (SSSR count). The molecule has 1 aliphatic heterocycles. The standard InChI is InChI=1S/C17H26N2O3/c1-17(2,3)22-15-9-14(10-18)19(11-15)16(20)21-12-13-7-5-4-6-8-13/h4-8,14-15H,9-12,18H2,1-3H3. The number of carbonyl (C=O) groups is 1. The molecule has 0 radical (unpaired) electrons. The first-order valence-corrected chi connectivity index (χ1v) is 7.74. The maximum absolute atomic E-state index is 12.3. The largest absolute Gasteiger partial charge is 0.445 e. The van der Waals surface area contributed by atoms with E-state index >= 15 is 0 Å². The molecule has 0 aromatic heterocycles. The highest BCUT2D eigenvalue weighted by Gasteiger charge is 2.37. The highest BCUT2D eigenvalue weighted by Crippen LogP contribution is 2.24. The number of hydrogen-bond acceptors (Lipinski definition) is 4. The van der Waals surface area contributed by atoms with E-state index in [4.69, 9.17) is 15.2 Å². The Labute approximate surface area is 132 Å². The van der Waals surface area contributed by atoms with Crippen LogP contribution >= 0.6 is 0 Å². The number of amides is 1. The first kappa shape index (κ1) is 16.8. The first-order chi connectivity index (χ1) is 10.4. The minimum Gasteiger partial charge on any atom is -0.445 e. The molecule has 1 aromatic carbocycles. The summed E-state index contributed by atoms with van der Waals surface area (Å²) >= 11 is 0. The molecule has 5 nitrogen and oxygen atoms in total. The fourth-order valence-corrected chi connectivity index (χ4v) is 2.71. The van der Waals surface area contributed by atoms with E-state index in [9.17, 15) is 4.79 Å². The van der Waals surface area contributed by atoms with Crippen LogP contribution in [-0.4, -0.2) is 41.8 Å². The topological polar surface area (TPSA) is 64.8 Å². The highest BCUT2D eigenvalue weighted by molar-refractivity contribution is 5.68. The monoisotopic (exact) mass is 306 g/mol. The molecule has 22 heavy (non-hydrogen) atoms. The van der Waals surface area contributed by atoms with E-state index in [0.29, 0.717) is 13.1 Å². The van der Waals surface area contributed by atoms with Crippen molar-refractivity contribution in [1.82, 2.24) is 4.90 Å². The van der Waals surface area contributed by atoms with Gasteiger partial charge >= 0.3 is 6.09 Å². The van der Waals surface area contributed by atoms with Gasteiger partial charge in [0.25, 0.3) is 0 Å². The molecule has 1 fully saturated rings. The second-order valence-corrected chi connectivity index (χ2v) is 6.67. The van der Waals surface area contributed by atoms with Gasteiger partial charge in [-0.1, -0.05) is 30.3 Å². The number of ether oxygens (including phenoxy) is 2. The van der Waals surface area contributed by atoms with Crippen molar-refractivity contribution in [2.75, 3.05) is 13.1 Å². The van der Waals surface area contributed by atoms with Crippen LogP contribution in [0.1, 0.15) is 32.8 Å². The van der Waals surface area contributed by atoms with E-state index in [-0.39, 0.29) is 30.4 Å². The summed E-state index contributed by atoms with van der Waals surface area (Å²) in [6, 6.07) is 9.64. The number of rotatable bonds is 4. The van der Waals surface area contributed by atoms with Gasteiger partial charge < -0.3 is 20.1 Å². The molecule has 0 saturated carbocycles. The van der Waals surface area contributed by atoms with Gasteiger partial charge in [-0.05, 0) is 32.8 Å². The molecule has 2 unspecified atom stereocenters. The quantitative estimate of drug-likeness (QED) is 0.928. The summed E-state index contributed by atoms with van der Waals surface area (Å²) in [6.07, 6.45) is 0.450. The Morgan fingerprint density at radius 3 is 2.59 bits per heavy atom. The minimum atomic E-state index is -0.320. The van der Waals surface area contributed by atoms with Gasteiger partial charge in [0.1, 0.15) is 6.61 Å². The zero-order valence-corrected chi connectivity index (χ0v) is 13.6. The lowest BCUT2D eigenvalue weighted by Crippen LogP contribution is -2.40. The number of nitrogens with two attached hydrogens (primary N) is 1. The van der Waals surface area contributed by atoms with E-state index in [1.807, 2.05) is 51.1 Å². The normalized spacial score (nSPS) is 21.9. The van der Waals surface area contributed by atoms with E-state index in [1.165, 1.54) is 0 Å². The van der Waals surface area contributed by atoms with E-state index < -0.39 is 0 Å². The summed E-state index contributed by atoms with van der Waals surface area (Å²) in [4.78, 5) is 14.0. The molecule has 2 atom stereocenters. The first-order valence-electron chi connectivity index (χ1n) is 7.74. The van der Waals surface area contributed by atoms with Crippen molar-refractivity contribution >= 4 is 6.09 Å². The third-order valence-corrected chi connectivity index (χ3v) is 3.61. The molecular formula is C17H26N2O3. The fourth-order valence-electron chi connectivity index (χ4n) is 2.71. The molecule has 5 heteroatoms. The third kappa shape index (κ3) is 4.71. The van der Waals surface area contributed by atoms with Gasteiger partial charge in [-0.3, -0.25) is 0 Å². The Bertz CT molecular complexity index is 484. The van der Waals surface area contributed by atoms with Gasteiger partial charge in [-0.2, -0.15) is 0 Å². The number of benzene rings is 1. The van der Waals surface area contributed by atoms with Crippen LogP contribution in [0, 0.1) is 0 Å². The highest BCUT2D eigenvalue weighted by atomic mass is 16.6. The molecule has 1 aliphatic rings. The van der Waals surface area contributed by atoms with Crippen LogP contribution in [0.15, 0.2) is 30.3 Å². The van der Waals surface area contributed by atoms with Crippen molar-refractivity contribution in [1.29, 1.82) is 0 Å². The number of nitrogens with zero attached hydrogens (tertiary/aromatic N) is 1. The molecule has 2 N–H and O–H groups in total. The van der Waals surface area contributed by atoms with Crippen molar-refractivity contribution in [3.8, 4) is 0 Å². The van der Waals surface area contributed by atoms with Gasteiger partial charge in [0.2, 0.25) is 0 Å². The van der Waals surface area contributed by atoms with Crippen molar-refractivity contribution in [2.45, 2.75) is 51.5 Å². The van der Waals surface area contributed by atoms with Crippen LogP contribution in [0.2, 0.25) is 0 Å². The van der Waals surface area contributed by atoms with Crippen LogP contribution in [-0.2, 0) is 16.1 Å². The Kier molecular flexibility index (Phi) is 5.42.